The van der Waals surface area contributed by atoms with Gasteiger partial charge in [0, 0.05) is 11.8 Å². The molecule has 1 aliphatic rings. The van der Waals surface area contributed by atoms with Crippen molar-refractivity contribution in [3.63, 3.8) is 0 Å². The van der Waals surface area contributed by atoms with Crippen molar-refractivity contribution >= 4 is 11.7 Å². The standard InChI is InChI=1S/C18H22N2O4/c1-22-15-5-3-4-14(12-15)20-10-8-19(9-11-20)13-16-6-7-17(24-16)18(21)23-2/h3-7,12H,8-11,13H2,1-2H3/p+1. The van der Waals surface area contributed by atoms with Crippen molar-refractivity contribution in [1.29, 1.82) is 0 Å². The number of carbonyl (C=O) groups excluding carboxylic acids is 1. The van der Waals surface area contributed by atoms with Crippen LogP contribution in [0.4, 0.5) is 5.69 Å². The molecule has 0 spiro atoms. The van der Waals surface area contributed by atoms with Gasteiger partial charge in [0.2, 0.25) is 5.76 Å². The summed E-state index contributed by atoms with van der Waals surface area (Å²) in [5.74, 6) is 1.54. The van der Waals surface area contributed by atoms with Crippen LogP contribution >= 0.6 is 0 Å². The highest BCUT2D eigenvalue weighted by atomic mass is 16.5. The summed E-state index contributed by atoms with van der Waals surface area (Å²) in [5, 5.41) is 0. The monoisotopic (exact) mass is 331 g/mol. The first-order chi connectivity index (χ1) is 11.7. The van der Waals surface area contributed by atoms with Gasteiger partial charge in [-0.2, -0.15) is 0 Å². The van der Waals surface area contributed by atoms with Crippen molar-refractivity contribution in [2.75, 3.05) is 45.3 Å². The molecule has 128 valence electrons. The van der Waals surface area contributed by atoms with Crippen LogP contribution in [0.15, 0.2) is 40.8 Å². The number of piperazine rings is 1. The van der Waals surface area contributed by atoms with E-state index in [0.717, 1.165) is 44.2 Å². The Morgan fingerprint density at radius 3 is 2.71 bits per heavy atom. The molecular weight excluding hydrogens is 308 g/mol. The predicted molar refractivity (Wildman–Crippen MR) is 89.7 cm³/mol. The lowest BCUT2D eigenvalue weighted by Crippen LogP contribution is -3.13. The lowest BCUT2D eigenvalue weighted by atomic mass is 10.2. The number of quaternary nitrogens is 1. The lowest BCUT2D eigenvalue weighted by molar-refractivity contribution is -0.915. The van der Waals surface area contributed by atoms with E-state index in [2.05, 4.69) is 21.8 Å². The number of nitrogens with one attached hydrogen (secondary N) is 1. The van der Waals surface area contributed by atoms with Gasteiger partial charge in [0.05, 0.1) is 40.4 Å². The molecule has 0 amide bonds. The van der Waals surface area contributed by atoms with Crippen LogP contribution in [0.1, 0.15) is 16.3 Å². The van der Waals surface area contributed by atoms with Gasteiger partial charge in [-0.05, 0) is 24.3 Å². The van der Waals surface area contributed by atoms with Gasteiger partial charge in [-0.15, -0.1) is 0 Å². The number of methoxy groups -OCH3 is 2. The van der Waals surface area contributed by atoms with Crippen molar-refractivity contribution in [3.05, 3.63) is 47.9 Å². The molecule has 0 atom stereocenters. The number of rotatable bonds is 5. The minimum atomic E-state index is -0.431. The average molecular weight is 331 g/mol. The third-order valence-corrected chi connectivity index (χ3v) is 4.36. The van der Waals surface area contributed by atoms with E-state index < -0.39 is 5.97 Å². The molecule has 0 saturated carbocycles. The number of furan rings is 1. The smallest absolute Gasteiger partial charge is 0.373 e. The fourth-order valence-corrected chi connectivity index (χ4v) is 2.99. The molecule has 3 rings (SSSR count). The number of nitrogens with zero attached hydrogens (tertiary/aromatic N) is 1. The zero-order valence-corrected chi connectivity index (χ0v) is 14.1. The lowest BCUT2D eigenvalue weighted by Gasteiger charge is -2.33. The fourth-order valence-electron chi connectivity index (χ4n) is 2.99. The van der Waals surface area contributed by atoms with E-state index in [1.54, 1.807) is 13.2 Å². The number of anilines is 1. The van der Waals surface area contributed by atoms with Crippen LogP contribution in [0.25, 0.3) is 0 Å². The van der Waals surface area contributed by atoms with Gasteiger partial charge in [-0.3, -0.25) is 0 Å². The highest BCUT2D eigenvalue weighted by Gasteiger charge is 2.22. The van der Waals surface area contributed by atoms with Gasteiger partial charge in [-0.1, -0.05) is 6.07 Å². The minimum Gasteiger partial charge on any atom is -0.497 e. The Labute approximate surface area is 141 Å². The van der Waals surface area contributed by atoms with Crippen molar-refractivity contribution in [2.45, 2.75) is 6.54 Å². The predicted octanol–water partition coefficient (Wildman–Crippen LogP) is 0.980. The Bertz CT molecular complexity index is 690. The second-order valence-electron chi connectivity index (χ2n) is 5.87. The zero-order valence-electron chi connectivity index (χ0n) is 14.1. The second kappa shape index (κ2) is 7.40. The molecule has 1 aliphatic heterocycles. The molecule has 1 saturated heterocycles. The van der Waals surface area contributed by atoms with Gasteiger partial charge in [0.25, 0.3) is 0 Å². The first-order valence-electron chi connectivity index (χ1n) is 8.09. The average Bonchev–Trinajstić information content (AvgIpc) is 3.10. The highest BCUT2D eigenvalue weighted by molar-refractivity contribution is 5.86. The van der Waals surface area contributed by atoms with Crippen LogP contribution in [-0.2, 0) is 11.3 Å². The van der Waals surface area contributed by atoms with E-state index in [0.29, 0.717) is 0 Å². The van der Waals surface area contributed by atoms with Gasteiger partial charge in [0.15, 0.2) is 5.76 Å². The van der Waals surface area contributed by atoms with E-state index >= 15 is 0 Å². The number of benzene rings is 1. The molecule has 0 bridgehead atoms. The molecule has 2 heterocycles. The van der Waals surface area contributed by atoms with Crippen LogP contribution in [0.2, 0.25) is 0 Å². The van der Waals surface area contributed by atoms with Crippen LogP contribution in [0.5, 0.6) is 5.75 Å². The summed E-state index contributed by atoms with van der Waals surface area (Å²) in [4.78, 5) is 15.2. The maximum Gasteiger partial charge on any atom is 0.373 e. The number of carbonyl (C=O) groups is 1. The summed E-state index contributed by atoms with van der Waals surface area (Å²) >= 11 is 0. The quantitative estimate of drug-likeness (QED) is 0.828. The van der Waals surface area contributed by atoms with Gasteiger partial charge in [0.1, 0.15) is 12.3 Å². The van der Waals surface area contributed by atoms with Crippen LogP contribution in [-0.4, -0.2) is 46.4 Å². The number of hydrogen-bond donors (Lipinski definition) is 1. The molecule has 24 heavy (non-hydrogen) atoms. The van der Waals surface area contributed by atoms with Gasteiger partial charge >= 0.3 is 5.97 Å². The number of esters is 1. The zero-order chi connectivity index (χ0) is 16.9. The molecule has 1 aromatic heterocycles. The molecule has 6 heteroatoms. The Morgan fingerprint density at radius 1 is 1.21 bits per heavy atom. The SMILES string of the molecule is COC(=O)c1ccc(C[NH+]2CCN(c3cccc(OC)c3)CC2)o1. The van der Waals surface area contributed by atoms with E-state index in [-0.39, 0.29) is 5.76 Å². The molecule has 0 aliphatic carbocycles. The fraction of sp³-hybridized carbons (Fsp3) is 0.389. The van der Waals surface area contributed by atoms with E-state index in [4.69, 9.17) is 9.15 Å². The van der Waals surface area contributed by atoms with E-state index in [1.807, 2.05) is 18.2 Å². The van der Waals surface area contributed by atoms with Gasteiger partial charge in [-0.25, -0.2) is 4.79 Å². The number of hydrogen-bond acceptors (Lipinski definition) is 5. The second-order valence-corrected chi connectivity index (χ2v) is 5.87. The third-order valence-electron chi connectivity index (χ3n) is 4.36. The van der Waals surface area contributed by atoms with Crippen molar-refractivity contribution in [2.24, 2.45) is 0 Å². The molecule has 1 N–H and O–H groups in total. The molecule has 1 aromatic carbocycles. The summed E-state index contributed by atoms with van der Waals surface area (Å²) in [6.45, 7) is 4.78. The van der Waals surface area contributed by atoms with Crippen LogP contribution in [0, 0.1) is 0 Å². The summed E-state index contributed by atoms with van der Waals surface area (Å²) in [6.07, 6.45) is 0. The van der Waals surface area contributed by atoms with E-state index in [9.17, 15) is 4.79 Å². The van der Waals surface area contributed by atoms with E-state index in [1.165, 1.54) is 17.7 Å². The summed E-state index contributed by atoms with van der Waals surface area (Å²) in [7, 11) is 3.04. The van der Waals surface area contributed by atoms with Crippen molar-refractivity contribution in [3.8, 4) is 5.75 Å². The maximum atomic E-state index is 11.4. The Balaban J connectivity index is 1.55. The third kappa shape index (κ3) is 3.71. The Morgan fingerprint density at radius 2 is 2.00 bits per heavy atom. The maximum absolute atomic E-state index is 11.4. The molecule has 1 fully saturated rings. The van der Waals surface area contributed by atoms with Crippen molar-refractivity contribution < 1.29 is 23.6 Å². The highest BCUT2D eigenvalue weighted by Crippen LogP contribution is 2.20. The van der Waals surface area contributed by atoms with Crippen LogP contribution in [0.3, 0.4) is 0 Å². The molecular formula is C18H23N2O4+. The number of ether oxygens (including phenoxy) is 2. The normalized spacial score (nSPS) is 15.3. The first-order valence-corrected chi connectivity index (χ1v) is 8.09. The molecule has 6 nitrogen and oxygen atoms in total. The van der Waals surface area contributed by atoms with Crippen LogP contribution < -0.4 is 14.5 Å². The summed E-state index contributed by atoms with van der Waals surface area (Å²) < 4.78 is 15.5. The largest absolute Gasteiger partial charge is 0.497 e. The molecule has 0 unspecified atom stereocenters. The Kier molecular flexibility index (Phi) is 5.05. The summed E-state index contributed by atoms with van der Waals surface area (Å²) in [5.41, 5.74) is 1.19. The topological polar surface area (TPSA) is 56.4 Å². The van der Waals surface area contributed by atoms with Gasteiger partial charge < -0.3 is 23.7 Å². The summed E-state index contributed by atoms with van der Waals surface area (Å²) in [6, 6.07) is 11.7. The minimum absolute atomic E-state index is 0.266. The van der Waals surface area contributed by atoms with Crippen molar-refractivity contribution in [1.82, 2.24) is 0 Å². The first kappa shape index (κ1) is 16.4. The molecule has 0 radical (unpaired) electrons. The molecule has 2 aromatic rings. The Hall–Kier alpha value is -2.47.